The molecule has 0 amide bonds. The Morgan fingerprint density at radius 1 is 0.172 bits per heavy atom. The van der Waals surface area contributed by atoms with E-state index in [9.17, 15) is 0 Å². The van der Waals surface area contributed by atoms with Crippen molar-refractivity contribution in [1.29, 1.82) is 0 Å². The number of esters is 1. The topological polar surface area (TPSA) is 26.3 Å². The van der Waals surface area contributed by atoms with Gasteiger partial charge in [-0.25, -0.2) is 0 Å². The molecule has 0 aromatic carbocycles. The van der Waals surface area contributed by atoms with Crippen LogP contribution in [-0.4, -0.2) is 12.6 Å². The summed E-state index contributed by atoms with van der Waals surface area (Å²) in [5.41, 5.74) is -0.446. The largest absolute Gasteiger partial charge is 0.465 e. The first kappa shape index (κ1) is 115. The zero-order chi connectivity index (χ0) is 84.1. The van der Waals surface area contributed by atoms with Crippen LogP contribution in [0, 0.1) is 22.2 Å². The first-order valence-corrected chi connectivity index (χ1v) is 56.5. The second-order valence-electron chi connectivity index (χ2n) is 40.2. The number of unbranched alkanes of at least 4 members (excludes halogenated alkanes) is 82. The molecule has 0 aromatic heterocycles. The highest BCUT2D eigenvalue weighted by Crippen LogP contribution is 2.70. The van der Waals surface area contributed by atoms with Gasteiger partial charge >= 0.3 is 5.97 Å². The van der Waals surface area contributed by atoms with Gasteiger partial charge in [-0.3, -0.25) is 4.79 Å². The minimum Gasteiger partial charge on any atom is -0.465 e. The fourth-order valence-electron chi connectivity index (χ4n) is 22.0. The van der Waals surface area contributed by atoms with Crippen molar-refractivity contribution >= 4 is 5.97 Å². The Balaban J connectivity index is 9.57. The Kier molecular flexibility index (Phi) is 94.7. The average Bonchev–Trinajstić information content (AvgIpc) is 0.705. The lowest BCUT2D eigenvalue weighted by molar-refractivity contribution is -0.199. The summed E-state index contributed by atoms with van der Waals surface area (Å²) in [5, 5.41) is 0. The van der Waals surface area contributed by atoms with Crippen LogP contribution in [0.5, 0.6) is 0 Å². The van der Waals surface area contributed by atoms with Crippen LogP contribution in [0.15, 0.2) is 0 Å². The minimum absolute atomic E-state index is 0.0901. The number of carbonyl (C=O) groups is 1. The third kappa shape index (κ3) is 67.8. The summed E-state index contributed by atoms with van der Waals surface area (Å²) in [6, 6.07) is 0. The molecular formula is C114H228O2. The minimum atomic E-state index is -0.464. The molecule has 1 atom stereocenters. The molecule has 0 rings (SSSR count). The SMILES string of the molecule is CCCCCCCCCCCCCC(CCCCCCCCCCCC)C(CCCCCCCCCCCC)(CCCCCCCCCCCC)C(CCCCCCCCCCCC)(CCCCCCCCCCCC)C(CCCCCCCCCCCC)(CCCCCCCCCCCC)C(=O)OCCCCCCCCCCCC. The zero-order valence-electron chi connectivity index (χ0n) is 83.1. The van der Waals surface area contributed by atoms with E-state index >= 15 is 4.79 Å². The van der Waals surface area contributed by atoms with E-state index in [4.69, 9.17) is 4.74 Å². The molecule has 0 aliphatic rings. The van der Waals surface area contributed by atoms with Crippen molar-refractivity contribution in [1.82, 2.24) is 0 Å². The second kappa shape index (κ2) is 95.1. The van der Waals surface area contributed by atoms with E-state index in [1.807, 2.05) is 0 Å². The van der Waals surface area contributed by atoms with Gasteiger partial charge < -0.3 is 4.74 Å². The van der Waals surface area contributed by atoms with Crippen molar-refractivity contribution in [3.8, 4) is 0 Å². The van der Waals surface area contributed by atoms with Crippen molar-refractivity contribution < 1.29 is 9.53 Å². The van der Waals surface area contributed by atoms with Gasteiger partial charge in [0.1, 0.15) is 0 Å². The molecule has 0 N–H and O–H groups in total. The molecule has 0 bridgehead atoms. The Bertz CT molecular complexity index is 1720. The lowest BCUT2D eigenvalue weighted by Crippen LogP contribution is -2.60. The Hall–Kier alpha value is -0.530. The summed E-state index contributed by atoms with van der Waals surface area (Å²) < 4.78 is 7.65. The smallest absolute Gasteiger partial charge is 0.312 e. The van der Waals surface area contributed by atoms with Crippen molar-refractivity contribution in [2.45, 2.75) is 698 Å². The summed E-state index contributed by atoms with van der Waals surface area (Å²) in [7, 11) is 0. The van der Waals surface area contributed by atoms with Crippen molar-refractivity contribution in [2.75, 3.05) is 6.61 Å². The van der Waals surface area contributed by atoms with Crippen molar-refractivity contribution in [2.24, 2.45) is 22.2 Å². The summed E-state index contributed by atoms with van der Waals surface area (Å²) in [4.78, 5) is 18.0. The quantitative estimate of drug-likeness (QED) is 0.0448. The van der Waals surface area contributed by atoms with Crippen LogP contribution in [0.3, 0.4) is 0 Å². The first-order valence-electron chi connectivity index (χ1n) is 56.5. The van der Waals surface area contributed by atoms with Crippen molar-refractivity contribution in [3.05, 3.63) is 0 Å². The molecule has 2 heteroatoms. The van der Waals surface area contributed by atoms with Gasteiger partial charge in [0, 0.05) is 0 Å². The van der Waals surface area contributed by atoms with Gasteiger partial charge in [-0.2, -0.15) is 0 Å². The van der Waals surface area contributed by atoms with Gasteiger partial charge in [0.25, 0.3) is 0 Å². The molecule has 0 saturated heterocycles. The summed E-state index contributed by atoms with van der Waals surface area (Å²) in [5.74, 6) is 1.05. The maximum atomic E-state index is 18.0. The lowest BCUT2D eigenvalue weighted by Gasteiger charge is -2.64. The van der Waals surface area contributed by atoms with Crippen LogP contribution in [0.25, 0.3) is 0 Å². The van der Waals surface area contributed by atoms with Crippen LogP contribution in [0.1, 0.15) is 698 Å². The summed E-state index contributed by atoms with van der Waals surface area (Å²) >= 11 is 0. The van der Waals surface area contributed by atoms with E-state index < -0.39 is 5.41 Å². The number of rotatable bonds is 104. The van der Waals surface area contributed by atoms with Crippen LogP contribution < -0.4 is 0 Å². The number of ether oxygens (including phenoxy) is 1. The molecule has 1 unspecified atom stereocenters. The molecule has 0 aromatic rings. The molecule has 0 fully saturated rings. The molecule has 0 radical (unpaired) electrons. The summed E-state index contributed by atoms with van der Waals surface area (Å²) in [6.45, 7) is 22.1. The van der Waals surface area contributed by atoms with Gasteiger partial charge in [-0.15, -0.1) is 0 Å². The van der Waals surface area contributed by atoms with E-state index in [1.54, 1.807) is 0 Å². The van der Waals surface area contributed by atoms with Gasteiger partial charge in [0.05, 0.1) is 12.0 Å². The fourth-order valence-corrected chi connectivity index (χ4v) is 22.0. The predicted octanol–water partition coefficient (Wildman–Crippen LogP) is 42.9. The van der Waals surface area contributed by atoms with Crippen LogP contribution in [0.4, 0.5) is 0 Å². The Morgan fingerprint density at radius 2 is 0.319 bits per heavy atom. The third-order valence-electron chi connectivity index (χ3n) is 29.6. The normalized spacial score (nSPS) is 12.5. The molecule has 0 aliphatic carbocycles. The second-order valence-corrected chi connectivity index (χ2v) is 40.2. The highest BCUT2D eigenvalue weighted by atomic mass is 16.5. The third-order valence-corrected chi connectivity index (χ3v) is 29.6. The molecule has 0 spiro atoms. The number of hydrogen-bond acceptors (Lipinski definition) is 2. The summed E-state index contributed by atoms with van der Waals surface area (Å²) in [6.07, 6.45) is 137. The Morgan fingerprint density at radius 3 is 0.509 bits per heavy atom. The standard InChI is InChI=1S/C114H228O2/c1-10-19-28-37-46-55-64-66-75-84-93-102-110(101-92-83-74-65-56-47-38-29-20-11-2)112(103-94-85-76-67-57-48-39-30-21-12-3,104-95-86-77-68-58-49-40-31-22-13-4)114(107-98-89-80-71-61-52-43-34-25-16-7,108-99-90-81-72-62-53-44-35-26-17-8)113(105-96-87-78-69-59-50-41-32-23-14-5,106-97-88-79-70-60-51-42-33-24-15-6)111(115)116-109-100-91-82-73-63-54-45-36-27-18-9/h110H,10-109H2,1-9H3. The van der Waals surface area contributed by atoms with Crippen LogP contribution in [0.2, 0.25) is 0 Å². The molecule has 2 nitrogen and oxygen atoms in total. The molecule has 0 saturated carbocycles. The van der Waals surface area contributed by atoms with E-state index in [0.29, 0.717) is 18.5 Å². The lowest BCUT2D eigenvalue weighted by atomic mass is 9.39. The fraction of sp³-hybridized carbons (Fsp3) is 0.991. The molecular weight excluding hydrogens is 1400 g/mol. The van der Waals surface area contributed by atoms with Gasteiger partial charge in [-0.05, 0) is 74.5 Å². The number of hydrogen-bond donors (Lipinski definition) is 0. The van der Waals surface area contributed by atoms with Crippen LogP contribution >= 0.6 is 0 Å². The monoisotopic (exact) mass is 1630 g/mol. The molecule has 0 heterocycles. The maximum Gasteiger partial charge on any atom is 0.312 e. The van der Waals surface area contributed by atoms with Gasteiger partial charge in [0.2, 0.25) is 0 Å². The average molecular weight is 1630 g/mol. The van der Waals surface area contributed by atoms with E-state index in [-0.39, 0.29) is 10.8 Å². The van der Waals surface area contributed by atoms with Crippen molar-refractivity contribution in [3.63, 3.8) is 0 Å². The Labute approximate surface area is 737 Å². The van der Waals surface area contributed by atoms with E-state index in [2.05, 4.69) is 62.3 Å². The molecule has 116 heavy (non-hydrogen) atoms. The van der Waals surface area contributed by atoms with Gasteiger partial charge in [-0.1, -0.05) is 640 Å². The molecule has 696 valence electrons. The highest BCUT2D eigenvalue weighted by Gasteiger charge is 2.65. The van der Waals surface area contributed by atoms with E-state index in [0.717, 1.165) is 19.3 Å². The number of carbonyl (C=O) groups excluding carboxylic acids is 1. The highest BCUT2D eigenvalue weighted by molar-refractivity contribution is 5.78. The van der Waals surface area contributed by atoms with Crippen LogP contribution in [-0.2, 0) is 9.53 Å². The van der Waals surface area contributed by atoms with E-state index in [1.165, 1.54) is 616 Å². The maximum absolute atomic E-state index is 18.0. The van der Waals surface area contributed by atoms with Gasteiger partial charge in [0.15, 0.2) is 0 Å². The zero-order valence-corrected chi connectivity index (χ0v) is 83.1. The predicted molar refractivity (Wildman–Crippen MR) is 530 cm³/mol. The first-order chi connectivity index (χ1) is 57.4. The molecule has 0 aliphatic heterocycles.